The fourth-order valence-electron chi connectivity index (χ4n) is 1.83. The van der Waals surface area contributed by atoms with Gasteiger partial charge < -0.3 is 5.73 Å². The second kappa shape index (κ2) is 4.84. The van der Waals surface area contributed by atoms with Gasteiger partial charge in [-0.25, -0.2) is 0 Å². The number of nitro groups is 1. The summed E-state index contributed by atoms with van der Waals surface area (Å²) in [5.74, 6) is 0. The molecule has 7 heteroatoms. The van der Waals surface area contributed by atoms with Gasteiger partial charge in [0.1, 0.15) is 0 Å². The third kappa shape index (κ3) is 2.56. The van der Waals surface area contributed by atoms with Gasteiger partial charge in [0.2, 0.25) is 0 Å². The van der Waals surface area contributed by atoms with Crippen molar-refractivity contribution in [3.05, 3.63) is 58.1 Å². The first kappa shape index (κ1) is 13.9. The largest absolute Gasteiger partial charge is 0.416 e. The lowest BCUT2D eigenvalue weighted by molar-refractivity contribution is -0.384. The molecule has 0 aliphatic carbocycles. The van der Waals surface area contributed by atoms with E-state index in [0.717, 1.165) is 12.1 Å². The lowest BCUT2D eigenvalue weighted by Crippen LogP contribution is -2.06. The first-order valence-electron chi connectivity index (χ1n) is 5.51. The molecule has 0 saturated carbocycles. The quantitative estimate of drug-likeness (QED) is 0.516. The number of nitro benzene ring substituents is 1. The number of hydrogen-bond acceptors (Lipinski definition) is 3. The van der Waals surface area contributed by atoms with E-state index in [1.54, 1.807) is 12.1 Å². The highest BCUT2D eigenvalue weighted by Crippen LogP contribution is 2.38. The predicted octanol–water partition coefficient (Wildman–Crippen LogP) is 3.86. The Morgan fingerprint density at radius 1 is 1.05 bits per heavy atom. The molecule has 0 saturated heterocycles. The highest BCUT2D eigenvalue weighted by Gasteiger charge is 2.33. The van der Waals surface area contributed by atoms with Crippen molar-refractivity contribution in [1.82, 2.24) is 0 Å². The van der Waals surface area contributed by atoms with Crippen LogP contribution < -0.4 is 5.73 Å². The summed E-state index contributed by atoms with van der Waals surface area (Å²) in [6.45, 7) is 0. The second-order valence-corrected chi connectivity index (χ2v) is 4.07. The highest BCUT2D eigenvalue weighted by atomic mass is 19.4. The van der Waals surface area contributed by atoms with Gasteiger partial charge in [0.25, 0.3) is 5.69 Å². The predicted molar refractivity (Wildman–Crippen MR) is 67.9 cm³/mol. The Hall–Kier alpha value is -2.57. The summed E-state index contributed by atoms with van der Waals surface area (Å²) in [4.78, 5) is 10.1. The molecule has 0 amide bonds. The molecule has 0 atom stereocenters. The van der Waals surface area contributed by atoms with Gasteiger partial charge in [0.15, 0.2) is 0 Å². The zero-order valence-corrected chi connectivity index (χ0v) is 10.0. The minimum absolute atomic E-state index is 0.0566. The number of nitrogens with zero attached hydrogens (tertiary/aromatic N) is 1. The Bertz CT molecular complexity index is 669. The smallest absolute Gasteiger partial charge is 0.398 e. The molecule has 2 rings (SSSR count). The summed E-state index contributed by atoms with van der Waals surface area (Å²) in [7, 11) is 0. The minimum atomic E-state index is -4.63. The maximum absolute atomic E-state index is 12.6. The first-order valence-corrected chi connectivity index (χ1v) is 5.51. The average molecular weight is 282 g/mol. The molecule has 4 nitrogen and oxygen atoms in total. The normalized spacial score (nSPS) is 11.3. The third-order valence-electron chi connectivity index (χ3n) is 2.77. The summed E-state index contributed by atoms with van der Waals surface area (Å²) in [5, 5.41) is 11.0. The molecule has 0 radical (unpaired) electrons. The minimum Gasteiger partial charge on any atom is -0.398 e. The topological polar surface area (TPSA) is 69.2 Å². The van der Waals surface area contributed by atoms with Gasteiger partial charge in [-0.3, -0.25) is 10.1 Å². The van der Waals surface area contributed by atoms with Crippen LogP contribution in [-0.2, 0) is 6.18 Å². The van der Waals surface area contributed by atoms with Crippen molar-refractivity contribution < 1.29 is 18.1 Å². The van der Waals surface area contributed by atoms with Crippen molar-refractivity contribution in [2.24, 2.45) is 0 Å². The Balaban J connectivity index is 2.66. The molecule has 0 unspecified atom stereocenters. The zero-order valence-electron chi connectivity index (χ0n) is 10.0. The van der Waals surface area contributed by atoms with Crippen LogP contribution in [0.15, 0.2) is 42.5 Å². The number of anilines is 1. The maximum atomic E-state index is 12.6. The van der Waals surface area contributed by atoms with E-state index in [1.165, 1.54) is 12.1 Å². The first-order chi connectivity index (χ1) is 9.30. The van der Waals surface area contributed by atoms with E-state index in [4.69, 9.17) is 5.73 Å². The molecule has 0 aliphatic heterocycles. The molecule has 2 aromatic carbocycles. The molecular weight excluding hydrogens is 273 g/mol. The van der Waals surface area contributed by atoms with Crippen LogP contribution in [0.5, 0.6) is 0 Å². The number of benzene rings is 2. The molecule has 0 spiro atoms. The van der Waals surface area contributed by atoms with Gasteiger partial charge in [0.05, 0.1) is 16.1 Å². The fourth-order valence-corrected chi connectivity index (χ4v) is 1.83. The molecule has 2 aromatic rings. The Labute approximate surface area is 111 Å². The average Bonchev–Trinajstić information content (AvgIpc) is 2.37. The van der Waals surface area contributed by atoms with Gasteiger partial charge in [0, 0.05) is 17.3 Å². The van der Waals surface area contributed by atoms with E-state index in [1.807, 2.05) is 0 Å². The molecule has 20 heavy (non-hydrogen) atoms. The van der Waals surface area contributed by atoms with Crippen LogP contribution in [0.4, 0.5) is 24.5 Å². The van der Waals surface area contributed by atoms with E-state index >= 15 is 0 Å². The van der Waals surface area contributed by atoms with E-state index < -0.39 is 22.4 Å². The van der Waals surface area contributed by atoms with Crippen LogP contribution in [0.25, 0.3) is 11.1 Å². The number of nitrogens with two attached hydrogens (primary N) is 1. The SMILES string of the molecule is Nc1ccccc1-c1ccc(C(F)(F)F)cc1[N+](=O)[O-]. The third-order valence-corrected chi connectivity index (χ3v) is 2.77. The highest BCUT2D eigenvalue weighted by molar-refractivity contribution is 5.82. The lowest BCUT2D eigenvalue weighted by atomic mass is 10.00. The molecular formula is C13H9F3N2O2. The zero-order chi connectivity index (χ0) is 14.9. The van der Waals surface area contributed by atoms with Crippen molar-refractivity contribution in [2.75, 3.05) is 5.73 Å². The number of alkyl halides is 3. The summed E-state index contributed by atoms with van der Waals surface area (Å²) in [6, 6.07) is 8.66. The van der Waals surface area contributed by atoms with Crippen molar-refractivity contribution >= 4 is 11.4 Å². The van der Waals surface area contributed by atoms with Crippen LogP contribution in [0.1, 0.15) is 5.56 Å². The molecule has 0 fully saturated rings. The number of hydrogen-bond donors (Lipinski definition) is 1. The molecule has 0 heterocycles. The number of halogens is 3. The van der Waals surface area contributed by atoms with E-state index in [-0.39, 0.29) is 11.3 Å². The standard InChI is InChI=1S/C13H9F3N2O2/c14-13(15,16)8-5-6-10(12(7-8)18(19)20)9-3-1-2-4-11(9)17/h1-7H,17H2. The number of nitrogen functional groups attached to an aromatic ring is 1. The van der Waals surface area contributed by atoms with Gasteiger partial charge in [-0.05, 0) is 18.2 Å². The van der Waals surface area contributed by atoms with Gasteiger partial charge in [-0.2, -0.15) is 13.2 Å². The second-order valence-electron chi connectivity index (χ2n) is 4.07. The molecule has 0 aliphatic rings. The molecule has 0 aromatic heterocycles. The Morgan fingerprint density at radius 3 is 2.25 bits per heavy atom. The summed E-state index contributed by atoms with van der Waals surface area (Å²) < 4.78 is 37.8. The fraction of sp³-hybridized carbons (Fsp3) is 0.0769. The maximum Gasteiger partial charge on any atom is 0.416 e. The monoisotopic (exact) mass is 282 g/mol. The number of para-hydroxylation sites is 1. The van der Waals surface area contributed by atoms with Crippen molar-refractivity contribution in [3.8, 4) is 11.1 Å². The van der Waals surface area contributed by atoms with Crippen LogP contribution in [-0.4, -0.2) is 4.92 Å². The van der Waals surface area contributed by atoms with Gasteiger partial charge in [-0.15, -0.1) is 0 Å². The Morgan fingerprint density at radius 2 is 1.70 bits per heavy atom. The molecule has 0 bridgehead atoms. The van der Waals surface area contributed by atoms with E-state index in [2.05, 4.69) is 0 Å². The van der Waals surface area contributed by atoms with Crippen molar-refractivity contribution in [1.29, 1.82) is 0 Å². The number of rotatable bonds is 2. The van der Waals surface area contributed by atoms with Crippen LogP contribution in [0.2, 0.25) is 0 Å². The van der Waals surface area contributed by atoms with E-state index in [9.17, 15) is 23.3 Å². The van der Waals surface area contributed by atoms with Crippen LogP contribution in [0.3, 0.4) is 0 Å². The van der Waals surface area contributed by atoms with Crippen LogP contribution >= 0.6 is 0 Å². The lowest BCUT2D eigenvalue weighted by Gasteiger charge is -2.10. The van der Waals surface area contributed by atoms with E-state index in [0.29, 0.717) is 11.6 Å². The Kier molecular flexibility index (Phi) is 3.35. The van der Waals surface area contributed by atoms with Crippen LogP contribution in [0, 0.1) is 10.1 Å². The van der Waals surface area contributed by atoms with Gasteiger partial charge in [-0.1, -0.05) is 18.2 Å². The summed E-state index contributed by atoms with van der Waals surface area (Å²) >= 11 is 0. The molecule has 2 N–H and O–H groups in total. The van der Waals surface area contributed by atoms with Gasteiger partial charge >= 0.3 is 6.18 Å². The van der Waals surface area contributed by atoms with Crippen molar-refractivity contribution in [3.63, 3.8) is 0 Å². The summed E-state index contributed by atoms with van der Waals surface area (Å²) in [5.41, 5.74) is 4.65. The summed E-state index contributed by atoms with van der Waals surface area (Å²) in [6.07, 6.45) is -4.63. The molecule has 104 valence electrons. The van der Waals surface area contributed by atoms with Crippen molar-refractivity contribution in [2.45, 2.75) is 6.18 Å².